The minimum Gasteiger partial charge on any atom is -0.356 e. The summed E-state index contributed by atoms with van der Waals surface area (Å²) in [6.07, 6.45) is 3.72. The van der Waals surface area contributed by atoms with Crippen molar-refractivity contribution in [3.63, 3.8) is 0 Å². The van der Waals surface area contributed by atoms with E-state index in [9.17, 15) is 4.79 Å². The van der Waals surface area contributed by atoms with E-state index < -0.39 is 0 Å². The molecule has 19 heavy (non-hydrogen) atoms. The van der Waals surface area contributed by atoms with Gasteiger partial charge in [-0.3, -0.25) is 4.79 Å². The van der Waals surface area contributed by atoms with Crippen molar-refractivity contribution in [3.8, 4) is 0 Å². The summed E-state index contributed by atoms with van der Waals surface area (Å²) in [6, 6.07) is 3.62. The van der Waals surface area contributed by atoms with Crippen LogP contribution in [0.25, 0.3) is 0 Å². The summed E-state index contributed by atoms with van der Waals surface area (Å²) in [5, 5.41) is 0. The molecule has 0 unspecified atom stereocenters. The Balaban J connectivity index is 2.60. The third-order valence-electron chi connectivity index (χ3n) is 3.42. The lowest BCUT2D eigenvalue weighted by Crippen LogP contribution is -2.31. The van der Waals surface area contributed by atoms with Crippen LogP contribution in [0.2, 0.25) is 0 Å². The summed E-state index contributed by atoms with van der Waals surface area (Å²) in [4.78, 5) is 20.0. The highest BCUT2D eigenvalue weighted by Crippen LogP contribution is 2.15. The van der Waals surface area contributed by atoms with E-state index in [0.29, 0.717) is 5.56 Å². The van der Waals surface area contributed by atoms with Crippen LogP contribution < -0.4 is 4.90 Å². The maximum Gasteiger partial charge on any atom is 0.153 e. The van der Waals surface area contributed by atoms with Crippen molar-refractivity contribution in [1.82, 2.24) is 9.88 Å². The zero-order valence-electron chi connectivity index (χ0n) is 12.3. The molecule has 0 fully saturated rings. The third kappa shape index (κ3) is 4.63. The lowest BCUT2D eigenvalue weighted by Gasteiger charge is -2.25. The Morgan fingerprint density at radius 3 is 2.47 bits per heavy atom. The van der Waals surface area contributed by atoms with Gasteiger partial charge in [-0.25, -0.2) is 4.98 Å². The van der Waals surface area contributed by atoms with Crippen LogP contribution in [0.1, 0.15) is 37.6 Å². The lowest BCUT2D eigenvalue weighted by molar-refractivity contribution is 0.112. The molecule has 0 amide bonds. The van der Waals surface area contributed by atoms with Crippen molar-refractivity contribution in [2.24, 2.45) is 0 Å². The van der Waals surface area contributed by atoms with E-state index >= 15 is 0 Å². The summed E-state index contributed by atoms with van der Waals surface area (Å²) >= 11 is 0. The predicted octanol–water partition coefficient (Wildman–Crippen LogP) is 2.45. The van der Waals surface area contributed by atoms with Crippen LogP contribution in [0, 0.1) is 0 Å². The highest BCUT2D eigenvalue weighted by Gasteiger charge is 2.10. The zero-order chi connectivity index (χ0) is 14.1. The largest absolute Gasteiger partial charge is 0.356 e. The molecule has 0 bridgehead atoms. The van der Waals surface area contributed by atoms with E-state index in [1.165, 1.54) is 0 Å². The standard InChI is InChI=1S/C15H25N3O/c1-4-17(5-2)11-8-12-18(6-3)15-14(13-19)9-7-10-16-15/h7,9-10,13H,4-6,8,11-12H2,1-3H3. The van der Waals surface area contributed by atoms with Gasteiger partial charge >= 0.3 is 0 Å². The van der Waals surface area contributed by atoms with E-state index in [4.69, 9.17) is 0 Å². The second kappa shape index (κ2) is 8.64. The molecule has 0 aliphatic heterocycles. The predicted molar refractivity (Wildman–Crippen MR) is 79.9 cm³/mol. The smallest absolute Gasteiger partial charge is 0.153 e. The molecule has 4 heteroatoms. The summed E-state index contributed by atoms with van der Waals surface area (Å²) < 4.78 is 0. The molecule has 1 rings (SSSR count). The molecule has 0 aromatic carbocycles. The number of aldehydes is 1. The molecule has 0 atom stereocenters. The van der Waals surface area contributed by atoms with E-state index in [0.717, 1.165) is 51.2 Å². The van der Waals surface area contributed by atoms with Crippen molar-refractivity contribution in [2.45, 2.75) is 27.2 Å². The fraction of sp³-hybridized carbons (Fsp3) is 0.600. The van der Waals surface area contributed by atoms with Gasteiger partial charge in [0.25, 0.3) is 0 Å². The molecule has 1 aromatic rings. The molecule has 1 aromatic heterocycles. The minimum atomic E-state index is 0.673. The Hall–Kier alpha value is -1.42. The molecule has 0 spiro atoms. The molecule has 0 saturated heterocycles. The van der Waals surface area contributed by atoms with Gasteiger partial charge in [0.1, 0.15) is 5.82 Å². The second-order valence-corrected chi connectivity index (χ2v) is 4.49. The van der Waals surface area contributed by atoms with Gasteiger partial charge in [-0.1, -0.05) is 13.8 Å². The number of hydrogen-bond donors (Lipinski definition) is 0. The first-order chi connectivity index (χ1) is 9.26. The van der Waals surface area contributed by atoms with Gasteiger partial charge < -0.3 is 9.80 Å². The molecule has 106 valence electrons. The van der Waals surface area contributed by atoms with Crippen molar-refractivity contribution in [3.05, 3.63) is 23.9 Å². The van der Waals surface area contributed by atoms with Crippen LogP contribution in [-0.4, -0.2) is 48.9 Å². The van der Waals surface area contributed by atoms with Gasteiger partial charge in [-0.2, -0.15) is 0 Å². The highest BCUT2D eigenvalue weighted by molar-refractivity contribution is 5.82. The Labute approximate surface area is 116 Å². The number of hydrogen-bond acceptors (Lipinski definition) is 4. The van der Waals surface area contributed by atoms with Gasteiger partial charge in [0.15, 0.2) is 6.29 Å². The van der Waals surface area contributed by atoms with Gasteiger partial charge in [0.05, 0.1) is 5.56 Å². The van der Waals surface area contributed by atoms with Crippen LogP contribution in [0.15, 0.2) is 18.3 Å². The summed E-state index contributed by atoms with van der Waals surface area (Å²) in [7, 11) is 0. The molecule has 0 N–H and O–H groups in total. The highest BCUT2D eigenvalue weighted by atomic mass is 16.1. The fourth-order valence-electron chi connectivity index (χ4n) is 2.20. The quantitative estimate of drug-likeness (QED) is 0.641. The first-order valence-electron chi connectivity index (χ1n) is 7.14. The van der Waals surface area contributed by atoms with Gasteiger partial charge in [0.2, 0.25) is 0 Å². The summed E-state index contributed by atoms with van der Waals surface area (Å²) in [5.74, 6) is 0.805. The van der Waals surface area contributed by atoms with Crippen LogP contribution in [0.5, 0.6) is 0 Å². The van der Waals surface area contributed by atoms with E-state index in [-0.39, 0.29) is 0 Å². The van der Waals surface area contributed by atoms with Crippen LogP contribution in [0.3, 0.4) is 0 Å². The average molecular weight is 263 g/mol. The molecule has 1 heterocycles. The van der Waals surface area contributed by atoms with Crippen molar-refractivity contribution in [2.75, 3.05) is 37.6 Å². The lowest BCUT2D eigenvalue weighted by atomic mass is 10.2. The number of aromatic nitrogens is 1. The van der Waals surface area contributed by atoms with Crippen LogP contribution in [-0.2, 0) is 0 Å². The van der Waals surface area contributed by atoms with Crippen molar-refractivity contribution >= 4 is 12.1 Å². The summed E-state index contributed by atoms with van der Waals surface area (Å²) in [6.45, 7) is 11.5. The Morgan fingerprint density at radius 1 is 1.16 bits per heavy atom. The van der Waals surface area contributed by atoms with Crippen molar-refractivity contribution < 1.29 is 4.79 Å². The Bertz CT molecular complexity index is 377. The third-order valence-corrected chi connectivity index (χ3v) is 3.42. The Kier molecular flexibility index (Phi) is 7.11. The number of pyridine rings is 1. The van der Waals surface area contributed by atoms with Crippen molar-refractivity contribution in [1.29, 1.82) is 0 Å². The number of nitrogens with zero attached hydrogens (tertiary/aromatic N) is 3. The van der Waals surface area contributed by atoms with Gasteiger partial charge in [0, 0.05) is 19.3 Å². The van der Waals surface area contributed by atoms with Gasteiger partial charge in [-0.15, -0.1) is 0 Å². The number of carbonyl (C=O) groups is 1. The molecule has 4 nitrogen and oxygen atoms in total. The minimum absolute atomic E-state index is 0.673. The average Bonchev–Trinajstić information content (AvgIpc) is 2.48. The molecular weight excluding hydrogens is 238 g/mol. The normalized spacial score (nSPS) is 10.7. The molecular formula is C15H25N3O. The monoisotopic (exact) mass is 263 g/mol. The maximum absolute atomic E-state index is 11.0. The van der Waals surface area contributed by atoms with Crippen LogP contribution >= 0.6 is 0 Å². The number of anilines is 1. The van der Waals surface area contributed by atoms with E-state index in [1.54, 1.807) is 12.3 Å². The topological polar surface area (TPSA) is 36.4 Å². The Morgan fingerprint density at radius 2 is 1.89 bits per heavy atom. The van der Waals surface area contributed by atoms with E-state index in [2.05, 4.69) is 35.6 Å². The molecule has 0 aliphatic carbocycles. The molecule has 0 saturated carbocycles. The van der Waals surface area contributed by atoms with E-state index in [1.807, 2.05) is 6.07 Å². The molecule has 0 radical (unpaired) electrons. The first kappa shape index (κ1) is 15.6. The molecule has 0 aliphatic rings. The second-order valence-electron chi connectivity index (χ2n) is 4.49. The fourth-order valence-corrected chi connectivity index (χ4v) is 2.20. The van der Waals surface area contributed by atoms with Gasteiger partial charge in [-0.05, 0) is 45.1 Å². The SMILES string of the molecule is CCN(CC)CCCN(CC)c1ncccc1C=O. The number of carbonyl (C=O) groups excluding carboxylic acids is 1. The number of rotatable bonds is 9. The first-order valence-corrected chi connectivity index (χ1v) is 7.14. The maximum atomic E-state index is 11.0. The summed E-state index contributed by atoms with van der Waals surface area (Å²) in [5.41, 5.74) is 0.673. The van der Waals surface area contributed by atoms with Crippen LogP contribution in [0.4, 0.5) is 5.82 Å². The zero-order valence-corrected chi connectivity index (χ0v) is 12.3.